The zero-order valence-corrected chi connectivity index (χ0v) is 26.5. The van der Waals surface area contributed by atoms with Gasteiger partial charge in [-0.05, 0) is 55.6 Å². The molecule has 4 rings (SSSR count). The average Bonchev–Trinajstić information content (AvgIpc) is 3.17. The van der Waals surface area contributed by atoms with E-state index in [0.717, 1.165) is 24.8 Å². The number of benzene rings is 1. The summed E-state index contributed by atoms with van der Waals surface area (Å²) < 4.78 is 52.2. The number of aryl methyl sites for hydroxylation is 1. The molecule has 1 heterocycles. The normalized spacial score (nSPS) is 27.4. The van der Waals surface area contributed by atoms with E-state index >= 15 is 0 Å². The number of sulfonamides is 1. The molecule has 3 N–H and O–H groups in total. The summed E-state index contributed by atoms with van der Waals surface area (Å²) in [6, 6.07) is 6.90. The molecule has 1 aliphatic heterocycles. The van der Waals surface area contributed by atoms with Crippen LogP contribution in [0.3, 0.4) is 0 Å². The summed E-state index contributed by atoms with van der Waals surface area (Å²) in [7, 11) is -6.80. The van der Waals surface area contributed by atoms with Crippen LogP contribution in [0.15, 0.2) is 24.3 Å². The fourth-order valence-electron chi connectivity index (χ4n) is 6.92. The number of sulfone groups is 1. The molecule has 2 saturated carbocycles. The molecule has 13 heteroatoms. The molecule has 1 saturated heterocycles. The highest BCUT2D eigenvalue weighted by molar-refractivity contribution is 7.90. The molecule has 224 valence electrons. The van der Waals surface area contributed by atoms with Crippen molar-refractivity contribution >= 4 is 56.3 Å². The number of hydrogen-bond donors (Lipinski definition) is 2. The molecule has 3 aliphatic rings. The van der Waals surface area contributed by atoms with Crippen molar-refractivity contribution in [2.75, 3.05) is 48.8 Å². The van der Waals surface area contributed by atoms with Crippen LogP contribution < -0.4 is 16.0 Å². The fourth-order valence-corrected chi connectivity index (χ4v) is 9.87. The lowest BCUT2D eigenvalue weighted by Gasteiger charge is -2.44. The quantitative estimate of drug-likeness (QED) is 0.430. The van der Waals surface area contributed by atoms with Crippen LogP contribution in [-0.2, 0) is 24.7 Å². The maximum Gasteiger partial charge on any atom is 0.237 e. The summed E-state index contributed by atoms with van der Waals surface area (Å²) in [6.07, 6.45) is 3.55. The first kappa shape index (κ1) is 34.1. The Morgan fingerprint density at radius 2 is 1.72 bits per heavy atom. The van der Waals surface area contributed by atoms with E-state index < -0.39 is 37.2 Å². The Morgan fingerprint density at radius 3 is 2.28 bits per heavy atom. The SMILES string of the molecule is Cc1ccccc1N1CCN(S(=O)(=O)C[C@]23CCC(CC2NC(=O)[C@@H](N)CCS(C)(=O)=O)C3(C)C)CC1.Cl.Cl. The molecule has 0 spiro atoms. The molecule has 3 fully saturated rings. The highest BCUT2D eigenvalue weighted by Gasteiger charge is 2.66. The number of nitrogens with one attached hydrogen (secondary N) is 1. The third kappa shape index (κ3) is 6.86. The first-order valence-electron chi connectivity index (χ1n) is 13.2. The van der Waals surface area contributed by atoms with Crippen molar-refractivity contribution in [1.82, 2.24) is 9.62 Å². The van der Waals surface area contributed by atoms with E-state index in [2.05, 4.69) is 43.1 Å². The minimum atomic E-state index is -3.57. The van der Waals surface area contributed by atoms with E-state index in [1.54, 1.807) is 4.31 Å². The predicted octanol–water partition coefficient (Wildman–Crippen LogP) is 2.36. The summed E-state index contributed by atoms with van der Waals surface area (Å²) in [5.74, 6) is -0.245. The van der Waals surface area contributed by atoms with E-state index in [0.29, 0.717) is 38.5 Å². The standard InChI is InChI=1S/C26H42N4O5S2.2ClH/c1-19-7-5-6-8-22(19)29-12-14-30(15-13-29)37(34,35)18-26-11-9-20(25(26,2)3)17-23(26)28-24(31)21(27)10-16-36(4,32)33;;/h5-8,20-21,23H,9-18,27H2,1-4H3,(H,28,31);2*1H/t20?,21-,23?,26+;;/m0../s1. The number of halogens is 2. The molecular formula is C26H44Cl2N4O5S2. The van der Waals surface area contributed by atoms with Crippen LogP contribution in [0.1, 0.15) is 45.1 Å². The molecule has 1 aromatic carbocycles. The number of piperazine rings is 1. The number of rotatable bonds is 9. The monoisotopic (exact) mass is 626 g/mol. The highest BCUT2D eigenvalue weighted by atomic mass is 35.5. The first-order valence-corrected chi connectivity index (χ1v) is 16.9. The van der Waals surface area contributed by atoms with Gasteiger partial charge in [-0.25, -0.2) is 16.8 Å². The number of anilines is 1. The minimum absolute atomic E-state index is 0. The lowest BCUT2D eigenvalue weighted by molar-refractivity contribution is -0.124. The third-order valence-corrected chi connectivity index (χ3v) is 12.4. The van der Waals surface area contributed by atoms with Crippen LogP contribution in [0.4, 0.5) is 5.69 Å². The van der Waals surface area contributed by atoms with Crippen LogP contribution in [0.5, 0.6) is 0 Å². The second-order valence-corrected chi connectivity index (χ2v) is 16.1. The topological polar surface area (TPSA) is 130 Å². The largest absolute Gasteiger partial charge is 0.369 e. The van der Waals surface area contributed by atoms with Crippen LogP contribution in [0.2, 0.25) is 0 Å². The summed E-state index contributed by atoms with van der Waals surface area (Å²) in [6.45, 7) is 8.47. The summed E-state index contributed by atoms with van der Waals surface area (Å²) in [5.41, 5.74) is 7.50. The van der Waals surface area contributed by atoms with Crippen LogP contribution in [-0.4, -0.2) is 83.1 Å². The minimum Gasteiger partial charge on any atom is -0.369 e. The van der Waals surface area contributed by atoms with Crippen molar-refractivity contribution in [3.05, 3.63) is 29.8 Å². The second kappa shape index (κ2) is 12.4. The van der Waals surface area contributed by atoms with Gasteiger partial charge in [0.1, 0.15) is 9.84 Å². The molecular weight excluding hydrogens is 583 g/mol. The number of hydrogen-bond acceptors (Lipinski definition) is 7. The smallest absolute Gasteiger partial charge is 0.237 e. The lowest BCUT2D eigenvalue weighted by Crippen LogP contribution is -2.57. The van der Waals surface area contributed by atoms with E-state index in [1.165, 1.54) is 5.56 Å². The Balaban J connectivity index is 0.00000267. The average molecular weight is 628 g/mol. The van der Waals surface area contributed by atoms with Crippen molar-refractivity contribution in [2.45, 2.75) is 58.5 Å². The number of amides is 1. The van der Waals surface area contributed by atoms with Gasteiger partial charge in [-0.1, -0.05) is 32.0 Å². The van der Waals surface area contributed by atoms with Gasteiger partial charge in [0.2, 0.25) is 15.9 Å². The third-order valence-electron chi connectivity index (χ3n) is 9.41. The highest BCUT2D eigenvalue weighted by Crippen LogP contribution is 2.66. The van der Waals surface area contributed by atoms with Gasteiger partial charge < -0.3 is 16.0 Å². The summed E-state index contributed by atoms with van der Waals surface area (Å²) >= 11 is 0. The van der Waals surface area contributed by atoms with Gasteiger partial charge in [-0.15, -0.1) is 24.8 Å². The molecule has 4 atom stereocenters. The number of fused-ring (bicyclic) bond motifs is 2. The first-order chi connectivity index (χ1) is 17.2. The Kier molecular flexibility index (Phi) is 10.8. The number of nitrogens with two attached hydrogens (primary N) is 1. The Hall–Kier alpha value is -1.11. The van der Waals surface area contributed by atoms with E-state index in [-0.39, 0.29) is 54.2 Å². The van der Waals surface area contributed by atoms with Gasteiger partial charge in [0, 0.05) is 49.6 Å². The zero-order chi connectivity index (χ0) is 27.2. The zero-order valence-electron chi connectivity index (χ0n) is 23.3. The van der Waals surface area contributed by atoms with E-state index in [4.69, 9.17) is 5.73 Å². The van der Waals surface area contributed by atoms with Crippen LogP contribution in [0, 0.1) is 23.7 Å². The maximum absolute atomic E-state index is 13.8. The molecule has 0 radical (unpaired) electrons. The lowest BCUT2D eigenvalue weighted by atomic mass is 9.69. The molecule has 2 unspecified atom stereocenters. The molecule has 39 heavy (non-hydrogen) atoms. The molecule has 1 aromatic rings. The van der Waals surface area contributed by atoms with E-state index in [1.807, 2.05) is 12.1 Å². The van der Waals surface area contributed by atoms with Crippen molar-refractivity contribution in [2.24, 2.45) is 22.5 Å². The van der Waals surface area contributed by atoms with Crippen LogP contribution in [0.25, 0.3) is 0 Å². The summed E-state index contributed by atoms with van der Waals surface area (Å²) in [4.78, 5) is 15.2. The summed E-state index contributed by atoms with van der Waals surface area (Å²) in [5, 5.41) is 3.05. The number of nitrogens with zero attached hydrogens (tertiary/aromatic N) is 2. The van der Waals surface area contributed by atoms with Crippen molar-refractivity contribution in [3.63, 3.8) is 0 Å². The van der Waals surface area contributed by atoms with Gasteiger partial charge in [-0.3, -0.25) is 4.79 Å². The second-order valence-electron chi connectivity index (χ2n) is 11.9. The number of carbonyl (C=O) groups is 1. The maximum atomic E-state index is 13.8. The van der Waals surface area contributed by atoms with Gasteiger partial charge in [-0.2, -0.15) is 4.31 Å². The van der Waals surface area contributed by atoms with Crippen molar-refractivity contribution in [3.8, 4) is 0 Å². The van der Waals surface area contributed by atoms with Crippen molar-refractivity contribution in [1.29, 1.82) is 0 Å². The van der Waals surface area contributed by atoms with Gasteiger partial charge in [0.25, 0.3) is 0 Å². The molecule has 1 amide bonds. The van der Waals surface area contributed by atoms with Gasteiger partial charge in [0.15, 0.2) is 0 Å². The van der Waals surface area contributed by atoms with Crippen molar-refractivity contribution < 1.29 is 21.6 Å². The molecule has 2 aliphatic carbocycles. The van der Waals surface area contributed by atoms with Gasteiger partial charge in [0.05, 0.1) is 17.5 Å². The van der Waals surface area contributed by atoms with Crippen LogP contribution >= 0.6 is 24.8 Å². The van der Waals surface area contributed by atoms with E-state index in [9.17, 15) is 21.6 Å². The Labute approximate surface area is 246 Å². The molecule has 0 aromatic heterocycles. The molecule has 9 nitrogen and oxygen atoms in total. The predicted molar refractivity (Wildman–Crippen MR) is 161 cm³/mol. The fraction of sp³-hybridized carbons (Fsp3) is 0.731. The number of para-hydroxylation sites is 1. The Bertz CT molecular complexity index is 1240. The molecule has 2 bridgehead atoms. The van der Waals surface area contributed by atoms with Gasteiger partial charge >= 0.3 is 0 Å². The number of carbonyl (C=O) groups excluding carboxylic acids is 1. The Morgan fingerprint density at radius 1 is 1.10 bits per heavy atom.